The van der Waals surface area contributed by atoms with E-state index in [-0.39, 0.29) is 23.2 Å². The fraction of sp³-hybridized carbons (Fsp3) is 0.0909. The van der Waals surface area contributed by atoms with Crippen molar-refractivity contribution in [2.24, 2.45) is 0 Å². The lowest BCUT2D eigenvalue weighted by Gasteiger charge is -2.12. The van der Waals surface area contributed by atoms with E-state index in [2.05, 4.69) is 15.3 Å². The SMILES string of the molecule is Cc1nc2cc(F)c(F)cc2c(=O)n1-c1ccc(NC(=O)Cc2cccnc2)cc1. The van der Waals surface area contributed by atoms with Crippen LogP contribution in [-0.4, -0.2) is 20.4 Å². The largest absolute Gasteiger partial charge is 0.326 e. The Hall–Kier alpha value is -3.94. The molecule has 0 fully saturated rings. The standard InChI is InChI=1S/C22H16F2N4O2/c1-13-26-20-11-19(24)18(23)10-17(20)22(30)28(13)16-6-4-15(5-7-16)27-21(29)9-14-3-2-8-25-12-14/h2-8,10-12H,9H2,1H3,(H,27,29). The molecule has 1 amide bonds. The minimum absolute atomic E-state index is 0.0200. The molecule has 0 spiro atoms. The second-order valence-electron chi connectivity index (χ2n) is 6.72. The molecule has 1 N–H and O–H groups in total. The fourth-order valence-corrected chi connectivity index (χ4v) is 3.18. The number of amides is 1. The molecule has 0 atom stereocenters. The zero-order valence-corrected chi connectivity index (χ0v) is 15.9. The molecule has 4 aromatic rings. The van der Waals surface area contributed by atoms with Crippen LogP contribution in [0.1, 0.15) is 11.4 Å². The number of benzene rings is 2. The van der Waals surface area contributed by atoms with Crippen LogP contribution in [0.3, 0.4) is 0 Å². The van der Waals surface area contributed by atoms with Gasteiger partial charge in [0.2, 0.25) is 5.91 Å². The van der Waals surface area contributed by atoms with Gasteiger partial charge in [0.05, 0.1) is 23.0 Å². The Bertz CT molecular complexity index is 1300. The topological polar surface area (TPSA) is 76.9 Å². The summed E-state index contributed by atoms with van der Waals surface area (Å²) < 4.78 is 28.4. The second-order valence-corrected chi connectivity index (χ2v) is 6.72. The molecule has 150 valence electrons. The van der Waals surface area contributed by atoms with E-state index in [0.717, 1.165) is 17.7 Å². The third kappa shape index (κ3) is 3.80. The number of hydrogen-bond donors (Lipinski definition) is 1. The van der Waals surface area contributed by atoms with Gasteiger partial charge in [-0.1, -0.05) is 6.07 Å². The molecule has 0 aliphatic heterocycles. The highest BCUT2D eigenvalue weighted by atomic mass is 19.2. The van der Waals surface area contributed by atoms with E-state index >= 15 is 0 Å². The van der Waals surface area contributed by atoms with Crippen molar-refractivity contribution < 1.29 is 13.6 Å². The molecular weight excluding hydrogens is 390 g/mol. The molecule has 2 aromatic carbocycles. The van der Waals surface area contributed by atoms with Gasteiger partial charge in [-0.05, 0) is 48.9 Å². The van der Waals surface area contributed by atoms with Crippen LogP contribution in [0.15, 0.2) is 65.7 Å². The number of anilines is 1. The van der Waals surface area contributed by atoms with Crippen LogP contribution in [0.2, 0.25) is 0 Å². The first-order valence-corrected chi connectivity index (χ1v) is 9.10. The second kappa shape index (κ2) is 7.82. The zero-order chi connectivity index (χ0) is 21.3. The summed E-state index contributed by atoms with van der Waals surface area (Å²) >= 11 is 0. The maximum absolute atomic E-state index is 13.6. The predicted molar refractivity (Wildman–Crippen MR) is 109 cm³/mol. The molecule has 2 aromatic heterocycles. The molecule has 0 radical (unpaired) electrons. The van der Waals surface area contributed by atoms with Crippen molar-refractivity contribution >= 4 is 22.5 Å². The van der Waals surface area contributed by atoms with E-state index < -0.39 is 17.2 Å². The summed E-state index contributed by atoms with van der Waals surface area (Å²) in [4.78, 5) is 33.2. The Morgan fingerprint density at radius 3 is 2.53 bits per heavy atom. The Morgan fingerprint density at radius 2 is 1.83 bits per heavy atom. The minimum atomic E-state index is -1.11. The van der Waals surface area contributed by atoms with Crippen LogP contribution in [0, 0.1) is 18.6 Å². The average molecular weight is 406 g/mol. The highest BCUT2D eigenvalue weighted by molar-refractivity contribution is 5.92. The van der Waals surface area contributed by atoms with E-state index in [1.807, 2.05) is 6.07 Å². The molecule has 8 heteroatoms. The maximum atomic E-state index is 13.6. The van der Waals surface area contributed by atoms with E-state index in [1.165, 1.54) is 4.57 Å². The van der Waals surface area contributed by atoms with Crippen molar-refractivity contribution in [1.29, 1.82) is 0 Å². The van der Waals surface area contributed by atoms with Crippen molar-refractivity contribution in [3.05, 3.63) is 94.3 Å². The molecule has 0 bridgehead atoms. The number of nitrogens with one attached hydrogen (secondary N) is 1. The third-order valence-corrected chi connectivity index (χ3v) is 4.57. The molecule has 6 nitrogen and oxygen atoms in total. The van der Waals surface area contributed by atoms with Gasteiger partial charge in [-0.25, -0.2) is 13.8 Å². The van der Waals surface area contributed by atoms with Crippen molar-refractivity contribution in [2.75, 3.05) is 5.32 Å². The number of pyridine rings is 1. The molecule has 4 rings (SSSR count). The van der Waals surface area contributed by atoms with Crippen LogP contribution in [-0.2, 0) is 11.2 Å². The van der Waals surface area contributed by atoms with E-state index in [9.17, 15) is 18.4 Å². The highest BCUT2D eigenvalue weighted by Crippen LogP contribution is 2.18. The Morgan fingerprint density at radius 1 is 1.10 bits per heavy atom. The third-order valence-electron chi connectivity index (χ3n) is 4.57. The van der Waals surface area contributed by atoms with E-state index in [0.29, 0.717) is 17.2 Å². The molecular formula is C22H16F2N4O2. The molecule has 0 unspecified atom stereocenters. The van der Waals surface area contributed by atoms with Crippen LogP contribution in [0.25, 0.3) is 16.6 Å². The number of hydrogen-bond acceptors (Lipinski definition) is 4. The minimum Gasteiger partial charge on any atom is -0.326 e. The number of aromatic nitrogens is 3. The summed E-state index contributed by atoms with van der Waals surface area (Å²) in [5, 5.41) is 2.76. The van der Waals surface area contributed by atoms with Gasteiger partial charge in [-0.15, -0.1) is 0 Å². The van der Waals surface area contributed by atoms with E-state index in [4.69, 9.17) is 0 Å². The van der Waals surface area contributed by atoms with Crippen LogP contribution in [0.4, 0.5) is 14.5 Å². The Kier molecular flexibility index (Phi) is 5.05. The van der Waals surface area contributed by atoms with Crippen molar-refractivity contribution in [3.63, 3.8) is 0 Å². The zero-order valence-electron chi connectivity index (χ0n) is 15.9. The average Bonchev–Trinajstić information content (AvgIpc) is 2.72. The summed E-state index contributed by atoms with van der Waals surface area (Å²) in [5.74, 6) is -2.04. The molecule has 0 saturated carbocycles. The molecule has 0 saturated heterocycles. The summed E-state index contributed by atoms with van der Waals surface area (Å²) in [6, 6.07) is 11.9. The highest BCUT2D eigenvalue weighted by Gasteiger charge is 2.14. The lowest BCUT2D eigenvalue weighted by Crippen LogP contribution is -2.22. The molecule has 2 heterocycles. The van der Waals surface area contributed by atoms with Gasteiger partial charge in [0.25, 0.3) is 5.56 Å². The number of nitrogens with zero attached hydrogens (tertiary/aromatic N) is 3. The number of rotatable bonds is 4. The van der Waals surface area contributed by atoms with Crippen molar-refractivity contribution in [1.82, 2.24) is 14.5 Å². The quantitative estimate of drug-likeness (QED) is 0.562. The van der Waals surface area contributed by atoms with Crippen molar-refractivity contribution in [3.8, 4) is 5.69 Å². The Balaban J connectivity index is 1.61. The number of aryl methyl sites for hydroxylation is 1. The van der Waals surface area contributed by atoms with E-state index in [1.54, 1.807) is 49.6 Å². The smallest absolute Gasteiger partial charge is 0.266 e. The predicted octanol–water partition coefficient (Wildman–Crippen LogP) is 3.55. The van der Waals surface area contributed by atoms with Gasteiger partial charge >= 0.3 is 0 Å². The number of fused-ring (bicyclic) bond motifs is 1. The fourth-order valence-electron chi connectivity index (χ4n) is 3.18. The lowest BCUT2D eigenvalue weighted by molar-refractivity contribution is -0.115. The first-order valence-electron chi connectivity index (χ1n) is 9.10. The van der Waals surface area contributed by atoms with Gasteiger partial charge in [0.1, 0.15) is 5.82 Å². The number of carbonyl (C=O) groups is 1. The van der Waals surface area contributed by atoms with Crippen molar-refractivity contribution in [2.45, 2.75) is 13.3 Å². The Labute approximate surface area is 169 Å². The lowest BCUT2D eigenvalue weighted by atomic mass is 10.2. The monoisotopic (exact) mass is 406 g/mol. The normalized spacial score (nSPS) is 10.9. The van der Waals surface area contributed by atoms with Gasteiger partial charge in [0.15, 0.2) is 11.6 Å². The van der Waals surface area contributed by atoms with Crippen LogP contribution >= 0.6 is 0 Å². The molecule has 30 heavy (non-hydrogen) atoms. The van der Waals surface area contributed by atoms with Gasteiger partial charge in [-0.2, -0.15) is 0 Å². The van der Waals surface area contributed by atoms with Gasteiger partial charge in [-0.3, -0.25) is 19.1 Å². The summed E-state index contributed by atoms with van der Waals surface area (Å²) in [5.41, 5.74) is 1.42. The van der Waals surface area contributed by atoms with Crippen LogP contribution < -0.4 is 10.9 Å². The first kappa shape index (κ1) is 19.4. The van der Waals surface area contributed by atoms with Crippen LogP contribution in [0.5, 0.6) is 0 Å². The number of halogens is 2. The number of carbonyl (C=O) groups excluding carboxylic acids is 1. The van der Waals surface area contributed by atoms with Gasteiger partial charge in [0, 0.05) is 24.1 Å². The maximum Gasteiger partial charge on any atom is 0.266 e. The van der Waals surface area contributed by atoms with Gasteiger partial charge < -0.3 is 5.32 Å². The summed E-state index contributed by atoms with van der Waals surface area (Å²) in [6.45, 7) is 1.60. The summed E-state index contributed by atoms with van der Waals surface area (Å²) in [6.07, 6.45) is 3.45. The molecule has 0 aliphatic carbocycles. The first-order chi connectivity index (χ1) is 14.4. The molecule has 0 aliphatic rings. The summed E-state index contributed by atoms with van der Waals surface area (Å²) in [7, 11) is 0.